The Labute approximate surface area is 115 Å². The van der Waals surface area contributed by atoms with Gasteiger partial charge in [0.25, 0.3) is 0 Å². The summed E-state index contributed by atoms with van der Waals surface area (Å²) in [6.45, 7) is 5.96. The third-order valence-electron chi connectivity index (χ3n) is 3.64. The van der Waals surface area contributed by atoms with Crippen LogP contribution in [-0.2, 0) is 0 Å². The van der Waals surface area contributed by atoms with E-state index >= 15 is 0 Å². The van der Waals surface area contributed by atoms with E-state index in [9.17, 15) is 5.11 Å². The smallest absolute Gasteiger partial charge is 0.0606 e. The molecule has 0 fully saturated rings. The lowest BCUT2D eigenvalue weighted by atomic mass is 9.89. The topological polar surface area (TPSA) is 20.2 Å². The molecular formula is C18H21O. The van der Waals surface area contributed by atoms with E-state index in [1.807, 2.05) is 25.1 Å². The van der Waals surface area contributed by atoms with Crippen LogP contribution in [0.2, 0.25) is 0 Å². The zero-order valence-corrected chi connectivity index (χ0v) is 11.4. The van der Waals surface area contributed by atoms with Crippen molar-refractivity contribution in [2.75, 3.05) is 0 Å². The van der Waals surface area contributed by atoms with Crippen LogP contribution in [0.4, 0.5) is 0 Å². The molecule has 0 amide bonds. The van der Waals surface area contributed by atoms with E-state index in [1.54, 1.807) is 0 Å². The van der Waals surface area contributed by atoms with Gasteiger partial charge in [0.15, 0.2) is 0 Å². The molecule has 0 spiro atoms. The third-order valence-corrected chi connectivity index (χ3v) is 3.64. The largest absolute Gasteiger partial charge is 0.393 e. The minimum absolute atomic E-state index is 0.134. The van der Waals surface area contributed by atoms with Gasteiger partial charge in [-0.3, -0.25) is 0 Å². The fraction of sp³-hybridized carbons (Fsp3) is 0.278. The van der Waals surface area contributed by atoms with Crippen molar-refractivity contribution in [1.82, 2.24) is 0 Å². The van der Waals surface area contributed by atoms with Crippen LogP contribution >= 0.6 is 0 Å². The maximum absolute atomic E-state index is 10.0. The lowest BCUT2D eigenvalue weighted by Gasteiger charge is -2.21. The van der Waals surface area contributed by atoms with Crippen molar-refractivity contribution in [3.63, 3.8) is 0 Å². The number of hydrogen-bond acceptors (Lipinski definition) is 1. The molecule has 1 heteroatoms. The maximum atomic E-state index is 10.0. The molecule has 0 heterocycles. The van der Waals surface area contributed by atoms with Gasteiger partial charge in [0.05, 0.1) is 6.10 Å². The van der Waals surface area contributed by atoms with E-state index in [-0.39, 0.29) is 12.0 Å². The van der Waals surface area contributed by atoms with Gasteiger partial charge in [-0.15, -0.1) is 0 Å². The Morgan fingerprint density at radius 2 is 1.53 bits per heavy atom. The second-order valence-electron chi connectivity index (χ2n) is 4.86. The molecule has 0 aliphatic heterocycles. The average molecular weight is 253 g/mol. The van der Waals surface area contributed by atoms with E-state index in [0.717, 1.165) is 12.8 Å². The molecule has 1 nitrogen and oxygen atoms in total. The maximum Gasteiger partial charge on any atom is 0.0606 e. The monoisotopic (exact) mass is 253 g/mol. The molecule has 1 radical (unpaired) electrons. The van der Waals surface area contributed by atoms with Crippen LogP contribution in [-0.4, -0.2) is 11.2 Å². The first-order chi connectivity index (χ1) is 9.26. The van der Waals surface area contributed by atoms with E-state index in [4.69, 9.17) is 0 Å². The fourth-order valence-electron chi connectivity index (χ4n) is 2.42. The molecule has 0 saturated heterocycles. The molecule has 0 aliphatic carbocycles. The molecule has 1 N–H and O–H groups in total. The minimum atomic E-state index is -0.305. The van der Waals surface area contributed by atoms with Crippen molar-refractivity contribution >= 4 is 0 Å². The molecule has 2 rings (SSSR count). The van der Waals surface area contributed by atoms with Crippen molar-refractivity contribution in [2.45, 2.75) is 31.8 Å². The van der Waals surface area contributed by atoms with Gasteiger partial charge in [-0.05, 0) is 29.5 Å². The molecule has 99 valence electrons. The van der Waals surface area contributed by atoms with E-state index in [1.165, 1.54) is 16.7 Å². The van der Waals surface area contributed by atoms with Crippen LogP contribution in [0.5, 0.6) is 0 Å². The zero-order valence-electron chi connectivity index (χ0n) is 11.4. The molecule has 19 heavy (non-hydrogen) atoms. The fourth-order valence-corrected chi connectivity index (χ4v) is 2.42. The van der Waals surface area contributed by atoms with Crippen LogP contribution in [0.3, 0.4) is 0 Å². The summed E-state index contributed by atoms with van der Waals surface area (Å²) in [5.41, 5.74) is 3.60. The van der Waals surface area contributed by atoms with Gasteiger partial charge < -0.3 is 5.11 Å². The van der Waals surface area contributed by atoms with Gasteiger partial charge in [0.2, 0.25) is 0 Å². The number of hydrogen-bond donors (Lipinski definition) is 1. The highest BCUT2D eigenvalue weighted by Crippen LogP contribution is 2.27. The second-order valence-corrected chi connectivity index (χ2v) is 4.86. The predicted molar refractivity (Wildman–Crippen MR) is 80.9 cm³/mol. The van der Waals surface area contributed by atoms with Gasteiger partial charge in [0, 0.05) is 5.92 Å². The van der Waals surface area contributed by atoms with Gasteiger partial charge in [-0.1, -0.05) is 68.4 Å². The molecule has 2 unspecified atom stereocenters. The summed E-state index contributed by atoms with van der Waals surface area (Å²) in [5, 5.41) is 10.0. The summed E-state index contributed by atoms with van der Waals surface area (Å²) in [6, 6.07) is 18.8. The normalized spacial score (nSPS) is 14.1. The molecule has 0 saturated carbocycles. The molecule has 0 bridgehead atoms. The summed E-state index contributed by atoms with van der Waals surface area (Å²) in [7, 11) is 0. The van der Waals surface area contributed by atoms with Crippen molar-refractivity contribution in [3.8, 4) is 11.1 Å². The highest BCUT2D eigenvalue weighted by Gasteiger charge is 2.17. The van der Waals surface area contributed by atoms with Gasteiger partial charge in [-0.2, -0.15) is 0 Å². The zero-order chi connectivity index (χ0) is 13.7. The molecule has 0 aliphatic rings. The Bertz CT molecular complexity index is 487. The number of rotatable bonds is 5. The van der Waals surface area contributed by atoms with Gasteiger partial charge in [0.1, 0.15) is 0 Å². The Morgan fingerprint density at radius 1 is 0.947 bits per heavy atom. The standard InChI is InChI=1S/C18H21O/c1-3-17(18(19)4-2)16-12-10-15(11-13-16)14-8-6-5-7-9-14/h5-13,17-19H,1,3-4H2,2H3. The Morgan fingerprint density at radius 3 is 2.05 bits per heavy atom. The third kappa shape index (κ3) is 3.24. The number of aliphatic hydroxyl groups is 1. The Balaban J connectivity index is 2.23. The first kappa shape index (κ1) is 13.8. The van der Waals surface area contributed by atoms with Crippen LogP contribution in [0.1, 0.15) is 31.2 Å². The lowest BCUT2D eigenvalue weighted by Crippen LogP contribution is -2.16. The molecule has 0 aromatic heterocycles. The summed E-state index contributed by atoms with van der Waals surface area (Å²) >= 11 is 0. The quantitative estimate of drug-likeness (QED) is 0.835. The molecule has 2 aromatic rings. The van der Waals surface area contributed by atoms with Crippen LogP contribution in [0, 0.1) is 6.92 Å². The first-order valence-corrected chi connectivity index (χ1v) is 6.89. The highest BCUT2D eigenvalue weighted by molar-refractivity contribution is 5.63. The van der Waals surface area contributed by atoms with Crippen molar-refractivity contribution in [3.05, 3.63) is 67.1 Å². The molecule has 2 atom stereocenters. The summed E-state index contributed by atoms with van der Waals surface area (Å²) < 4.78 is 0. The Hall–Kier alpha value is -1.60. The van der Waals surface area contributed by atoms with Gasteiger partial charge in [-0.25, -0.2) is 0 Å². The Kier molecular flexibility index (Phi) is 4.75. The lowest BCUT2D eigenvalue weighted by molar-refractivity contribution is 0.139. The molecule has 2 aromatic carbocycles. The molecular weight excluding hydrogens is 232 g/mol. The van der Waals surface area contributed by atoms with E-state index in [0.29, 0.717) is 0 Å². The first-order valence-electron chi connectivity index (χ1n) is 6.89. The van der Waals surface area contributed by atoms with Crippen LogP contribution < -0.4 is 0 Å². The van der Waals surface area contributed by atoms with Crippen LogP contribution in [0.25, 0.3) is 11.1 Å². The van der Waals surface area contributed by atoms with Crippen LogP contribution in [0.15, 0.2) is 54.6 Å². The number of benzene rings is 2. The summed E-state index contributed by atoms with van der Waals surface area (Å²) in [6.07, 6.45) is 1.18. The second kappa shape index (κ2) is 6.53. The SMILES string of the molecule is [CH2]CC(c1ccc(-c2ccccc2)cc1)C(O)CC. The van der Waals surface area contributed by atoms with Crippen molar-refractivity contribution < 1.29 is 5.11 Å². The number of aliphatic hydroxyl groups excluding tert-OH is 1. The average Bonchev–Trinajstić information content (AvgIpc) is 2.49. The highest BCUT2D eigenvalue weighted by atomic mass is 16.3. The minimum Gasteiger partial charge on any atom is -0.393 e. The van der Waals surface area contributed by atoms with E-state index < -0.39 is 0 Å². The summed E-state index contributed by atoms with van der Waals surface area (Å²) in [5.74, 6) is 0.134. The van der Waals surface area contributed by atoms with E-state index in [2.05, 4.69) is 43.3 Å². The van der Waals surface area contributed by atoms with Gasteiger partial charge >= 0.3 is 0 Å². The van der Waals surface area contributed by atoms with Crippen molar-refractivity contribution in [1.29, 1.82) is 0 Å². The predicted octanol–water partition coefficient (Wildman–Crippen LogP) is 4.43. The summed E-state index contributed by atoms with van der Waals surface area (Å²) in [4.78, 5) is 0. The van der Waals surface area contributed by atoms with Crippen molar-refractivity contribution in [2.24, 2.45) is 0 Å².